The Kier molecular flexibility index (Phi) is 5.29. The second kappa shape index (κ2) is 7.19. The molecule has 2 aromatic rings. The summed E-state index contributed by atoms with van der Waals surface area (Å²) in [5.41, 5.74) is 4.06. The van der Waals surface area contributed by atoms with E-state index in [2.05, 4.69) is 15.5 Å². The van der Waals surface area contributed by atoms with Crippen molar-refractivity contribution in [2.75, 3.05) is 32.7 Å². The first-order valence-electron chi connectivity index (χ1n) is 6.72. The highest BCUT2D eigenvalue weighted by atomic mass is 32.1. The molecule has 0 aromatic carbocycles. The summed E-state index contributed by atoms with van der Waals surface area (Å²) in [7, 11) is 5.37. The lowest BCUT2D eigenvalue weighted by molar-refractivity contribution is -0.341. The first-order valence-corrected chi connectivity index (χ1v) is 7.54. The average Bonchev–Trinajstić information content (AvgIpc) is 2.86. The van der Waals surface area contributed by atoms with Gasteiger partial charge >= 0.3 is 5.97 Å². The molecule has 22 heavy (non-hydrogen) atoms. The minimum atomic E-state index is -0.383. The van der Waals surface area contributed by atoms with E-state index in [0.29, 0.717) is 17.2 Å². The molecule has 0 amide bonds. The number of aliphatic imine (C=N–C) groups is 1. The zero-order valence-electron chi connectivity index (χ0n) is 13.0. The van der Waals surface area contributed by atoms with Crippen molar-refractivity contribution < 1.29 is 19.4 Å². The SMILES string of the molecule is CCOC(=O)c1sc2[nH+]ccc(N(C)C)c2c1N=CNOC. The Morgan fingerprint density at radius 1 is 1.55 bits per heavy atom. The zero-order valence-corrected chi connectivity index (χ0v) is 13.8. The van der Waals surface area contributed by atoms with Gasteiger partial charge < -0.3 is 9.64 Å². The standard InChI is InChI=1S/C14H18N4O3S/c1-5-21-14(19)12-11(16-8-17-20-4)10-9(18(2)3)6-7-15-13(10)22-12/h6-8H,5H2,1-4H3,(H,16,17)/p+1. The average molecular weight is 323 g/mol. The van der Waals surface area contributed by atoms with Crippen LogP contribution in [-0.4, -0.2) is 40.1 Å². The second-order valence-corrected chi connectivity index (χ2v) is 5.56. The number of hydroxylamine groups is 1. The first kappa shape index (κ1) is 16.2. The van der Waals surface area contributed by atoms with Gasteiger partial charge in [-0.2, -0.15) is 0 Å². The molecule has 8 heteroatoms. The van der Waals surface area contributed by atoms with Gasteiger partial charge in [0.25, 0.3) is 4.83 Å². The molecule has 0 aliphatic carbocycles. The van der Waals surface area contributed by atoms with Crippen LogP contribution in [0.25, 0.3) is 10.2 Å². The van der Waals surface area contributed by atoms with Crippen LogP contribution in [0.1, 0.15) is 16.6 Å². The molecule has 2 aromatic heterocycles. The highest BCUT2D eigenvalue weighted by Gasteiger charge is 2.25. The van der Waals surface area contributed by atoms with Crippen molar-refractivity contribution in [3.05, 3.63) is 17.1 Å². The molecule has 0 bridgehead atoms. The van der Waals surface area contributed by atoms with Crippen LogP contribution in [-0.2, 0) is 9.57 Å². The van der Waals surface area contributed by atoms with E-state index in [0.717, 1.165) is 15.9 Å². The Hall–Kier alpha value is -2.19. The summed E-state index contributed by atoms with van der Waals surface area (Å²) in [6, 6.07) is 1.94. The van der Waals surface area contributed by atoms with Crippen molar-refractivity contribution in [3.63, 3.8) is 0 Å². The molecule has 0 fully saturated rings. The Balaban J connectivity index is 2.66. The van der Waals surface area contributed by atoms with Gasteiger partial charge in [-0.05, 0) is 6.92 Å². The highest BCUT2D eigenvalue weighted by Crippen LogP contribution is 2.40. The predicted octanol–water partition coefficient (Wildman–Crippen LogP) is 1.77. The minimum absolute atomic E-state index is 0.316. The van der Waals surface area contributed by atoms with Gasteiger partial charge in [-0.3, -0.25) is 10.3 Å². The third-order valence-electron chi connectivity index (χ3n) is 2.90. The van der Waals surface area contributed by atoms with Crippen molar-refractivity contribution >= 4 is 45.2 Å². The summed E-state index contributed by atoms with van der Waals surface area (Å²) in [5.74, 6) is -0.383. The van der Waals surface area contributed by atoms with E-state index in [1.165, 1.54) is 24.8 Å². The topological polar surface area (TPSA) is 77.3 Å². The largest absolute Gasteiger partial charge is 0.462 e. The van der Waals surface area contributed by atoms with Crippen LogP contribution < -0.4 is 15.4 Å². The van der Waals surface area contributed by atoms with Gasteiger partial charge in [0.05, 0.1) is 19.4 Å². The first-order chi connectivity index (χ1) is 10.6. The van der Waals surface area contributed by atoms with Gasteiger partial charge in [0.15, 0.2) is 6.20 Å². The fourth-order valence-electron chi connectivity index (χ4n) is 2.02. The zero-order chi connectivity index (χ0) is 16.1. The maximum absolute atomic E-state index is 12.2. The molecule has 7 nitrogen and oxygen atoms in total. The Morgan fingerprint density at radius 3 is 2.95 bits per heavy atom. The summed E-state index contributed by atoms with van der Waals surface area (Å²) in [6.07, 6.45) is 3.24. The fraction of sp³-hybridized carbons (Fsp3) is 0.357. The Bertz CT molecular complexity index is 697. The molecule has 0 atom stereocenters. The normalized spacial score (nSPS) is 11.1. The molecule has 2 heterocycles. The Morgan fingerprint density at radius 2 is 2.32 bits per heavy atom. The number of H-pyrrole nitrogens is 1. The molecular weight excluding hydrogens is 304 g/mol. The van der Waals surface area contributed by atoms with Gasteiger partial charge in [-0.25, -0.2) is 14.8 Å². The van der Waals surface area contributed by atoms with Crippen LogP contribution in [0, 0.1) is 0 Å². The van der Waals surface area contributed by atoms with Gasteiger partial charge in [0.2, 0.25) is 0 Å². The van der Waals surface area contributed by atoms with Gasteiger partial charge in [0.1, 0.15) is 22.3 Å². The summed E-state index contributed by atoms with van der Waals surface area (Å²) in [6.45, 7) is 2.09. The van der Waals surface area contributed by atoms with Crippen LogP contribution in [0.3, 0.4) is 0 Å². The van der Waals surface area contributed by atoms with Crippen LogP contribution in [0.5, 0.6) is 0 Å². The van der Waals surface area contributed by atoms with E-state index in [4.69, 9.17) is 9.57 Å². The van der Waals surface area contributed by atoms with E-state index in [9.17, 15) is 4.79 Å². The number of carbonyl (C=O) groups excluding carboxylic acids is 1. The van der Waals surface area contributed by atoms with E-state index in [1.807, 2.05) is 31.3 Å². The lowest BCUT2D eigenvalue weighted by Gasteiger charge is -2.12. The molecule has 118 valence electrons. The number of anilines is 1. The minimum Gasteiger partial charge on any atom is -0.462 e. The maximum Gasteiger partial charge on any atom is 0.350 e. The van der Waals surface area contributed by atoms with Gasteiger partial charge in [0, 0.05) is 20.2 Å². The van der Waals surface area contributed by atoms with E-state index >= 15 is 0 Å². The number of ether oxygens (including phenoxy) is 1. The Labute approximate surface area is 132 Å². The third kappa shape index (κ3) is 3.18. The number of rotatable bonds is 6. The fourth-order valence-corrected chi connectivity index (χ4v) is 3.04. The number of carbonyl (C=O) groups is 1. The van der Waals surface area contributed by atoms with Gasteiger partial charge in [-0.15, -0.1) is 0 Å². The number of hydrogen-bond acceptors (Lipinski definition) is 6. The molecule has 0 aliphatic rings. The number of fused-ring (bicyclic) bond motifs is 1. The molecule has 0 unspecified atom stereocenters. The van der Waals surface area contributed by atoms with Crippen LogP contribution in [0.15, 0.2) is 17.3 Å². The molecular formula is C14H19N4O3S+. The van der Waals surface area contributed by atoms with E-state index in [1.54, 1.807) is 6.92 Å². The number of aromatic amines is 1. The van der Waals surface area contributed by atoms with Crippen LogP contribution in [0.4, 0.5) is 11.4 Å². The molecule has 0 saturated carbocycles. The van der Waals surface area contributed by atoms with Crippen molar-refractivity contribution in [3.8, 4) is 0 Å². The summed E-state index contributed by atoms with van der Waals surface area (Å²) < 4.78 is 5.12. The van der Waals surface area contributed by atoms with Crippen molar-refractivity contribution in [2.45, 2.75) is 6.92 Å². The lowest BCUT2D eigenvalue weighted by atomic mass is 10.2. The summed E-state index contributed by atoms with van der Waals surface area (Å²) in [5, 5.41) is 0.870. The predicted molar refractivity (Wildman–Crippen MR) is 87.0 cm³/mol. The lowest BCUT2D eigenvalue weighted by Crippen LogP contribution is -2.11. The molecule has 0 aliphatic heterocycles. The van der Waals surface area contributed by atoms with Crippen LogP contribution >= 0.6 is 11.3 Å². The summed E-state index contributed by atoms with van der Waals surface area (Å²) in [4.78, 5) is 27.7. The van der Waals surface area contributed by atoms with Crippen molar-refractivity contribution in [2.24, 2.45) is 4.99 Å². The summed E-state index contributed by atoms with van der Waals surface area (Å²) >= 11 is 1.32. The second-order valence-electron chi connectivity index (χ2n) is 4.54. The number of aromatic nitrogens is 1. The van der Waals surface area contributed by atoms with Crippen molar-refractivity contribution in [1.82, 2.24) is 5.48 Å². The third-order valence-corrected chi connectivity index (χ3v) is 3.99. The van der Waals surface area contributed by atoms with E-state index in [-0.39, 0.29) is 5.97 Å². The number of hydrogen-bond donors (Lipinski definition) is 1. The molecule has 2 N–H and O–H groups in total. The number of nitrogens with zero attached hydrogens (tertiary/aromatic N) is 2. The quantitative estimate of drug-likeness (QED) is 0.379. The number of thiophene rings is 1. The molecule has 0 radical (unpaired) electrons. The molecule has 2 rings (SSSR count). The smallest absolute Gasteiger partial charge is 0.350 e. The van der Waals surface area contributed by atoms with Crippen LogP contribution in [0.2, 0.25) is 0 Å². The number of pyridine rings is 1. The number of nitrogens with one attached hydrogen (secondary N) is 2. The maximum atomic E-state index is 12.2. The van der Waals surface area contributed by atoms with E-state index < -0.39 is 0 Å². The molecule has 0 saturated heterocycles. The highest BCUT2D eigenvalue weighted by molar-refractivity contribution is 7.20. The molecule has 0 spiro atoms. The monoisotopic (exact) mass is 323 g/mol. The number of esters is 1. The van der Waals surface area contributed by atoms with Crippen molar-refractivity contribution in [1.29, 1.82) is 0 Å². The van der Waals surface area contributed by atoms with Gasteiger partial charge in [-0.1, -0.05) is 11.3 Å².